The second-order valence-corrected chi connectivity index (χ2v) is 9.67. The first-order valence-corrected chi connectivity index (χ1v) is 12.3. The summed E-state index contributed by atoms with van der Waals surface area (Å²) >= 11 is 2.65. The van der Waals surface area contributed by atoms with Crippen molar-refractivity contribution in [1.82, 2.24) is 15.2 Å². The van der Waals surface area contributed by atoms with Crippen molar-refractivity contribution in [3.8, 4) is 5.75 Å². The summed E-state index contributed by atoms with van der Waals surface area (Å²) in [5.41, 5.74) is 4.82. The average Bonchev–Trinajstić information content (AvgIpc) is 3.42. The highest BCUT2D eigenvalue weighted by Crippen LogP contribution is 2.28. The molecule has 5 rings (SSSR count). The Labute approximate surface area is 193 Å². The molecule has 32 heavy (non-hydrogen) atoms. The van der Waals surface area contributed by atoms with Crippen LogP contribution >= 0.6 is 23.1 Å². The van der Waals surface area contributed by atoms with Gasteiger partial charge in [0.1, 0.15) is 5.75 Å². The van der Waals surface area contributed by atoms with Crippen LogP contribution in [0.15, 0.2) is 46.0 Å². The molecule has 4 aromatic rings. The van der Waals surface area contributed by atoms with E-state index < -0.39 is 0 Å². The van der Waals surface area contributed by atoms with E-state index in [1.165, 1.54) is 47.1 Å². The van der Waals surface area contributed by atoms with Gasteiger partial charge in [-0.1, -0.05) is 35.2 Å². The molecule has 7 nitrogen and oxygen atoms in total. The molecule has 0 radical (unpaired) electrons. The third kappa shape index (κ3) is 4.94. The number of thioether (sulfide) groups is 1. The van der Waals surface area contributed by atoms with Gasteiger partial charge in [-0.25, -0.2) is 4.98 Å². The fourth-order valence-electron chi connectivity index (χ4n) is 3.67. The van der Waals surface area contributed by atoms with Crippen LogP contribution in [0, 0.1) is 6.92 Å². The number of aryl methyl sites for hydroxylation is 3. The summed E-state index contributed by atoms with van der Waals surface area (Å²) in [7, 11) is 0. The minimum Gasteiger partial charge on any atom is -0.484 e. The quantitative estimate of drug-likeness (QED) is 0.376. The van der Waals surface area contributed by atoms with Crippen LogP contribution in [0.4, 0.5) is 5.13 Å². The Hall–Kier alpha value is -2.91. The predicted octanol–water partition coefficient (Wildman–Crippen LogP) is 5.18. The Bertz CT molecular complexity index is 1270. The van der Waals surface area contributed by atoms with Crippen molar-refractivity contribution in [3.05, 3.63) is 59.0 Å². The molecule has 1 aliphatic carbocycles. The lowest BCUT2D eigenvalue weighted by Crippen LogP contribution is -2.13. The number of amides is 1. The van der Waals surface area contributed by atoms with E-state index in [0.29, 0.717) is 16.2 Å². The van der Waals surface area contributed by atoms with Crippen LogP contribution < -0.4 is 10.1 Å². The van der Waals surface area contributed by atoms with Crippen LogP contribution in [0.1, 0.15) is 35.4 Å². The molecule has 2 aromatic heterocycles. The van der Waals surface area contributed by atoms with Crippen molar-refractivity contribution in [1.29, 1.82) is 0 Å². The molecule has 0 atom stereocenters. The van der Waals surface area contributed by atoms with E-state index in [9.17, 15) is 4.79 Å². The van der Waals surface area contributed by atoms with Crippen LogP contribution in [0.25, 0.3) is 10.2 Å². The molecule has 2 aromatic carbocycles. The molecule has 9 heteroatoms. The maximum atomic E-state index is 12.3. The Morgan fingerprint density at radius 1 is 1.16 bits per heavy atom. The maximum Gasteiger partial charge on any atom is 0.277 e. The van der Waals surface area contributed by atoms with Gasteiger partial charge >= 0.3 is 0 Å². The van der Waals surface area contributed by atoms with Gasteiger partial charge in [-0.05, 0) is 73.6 Å². The Morgan fingerprint density at radius 2 is 2.03 bits per heavy atom. The van der Waals surface area contributed by atoms with Crippen LogP contribution in [-0.2, 0) is 24.2 Å². The number of thiazole rings is 1. The number of nitrogens with one attached hydrogen (secondary N) is 1. The van der Waals surface area contributed by atoms with Crippen LogP contribution in [-0.4, -0.2) is 26.8 Å². The zero-order valence-electron chi connectivity index (χ0n) is 17.6. The van der Waals surface area contributed by atoms with Crippen molar-refractivity contribution in [2.45, 2.75) is 44.4 Å². The van der Waals surface area contributed by atoms with Crippen LogP contribution in [0.2, 0.25) is 0 Å². The van der Waals surface area contributed by atoms with E-state index in [4.69, 9.17) is 9.15 Å². The molecule has 1 N–H and O–H groups in total. The summed E-state index contributed by atoms with van der Waals surface area (Å²) in [4.78, 5) is 16.7. The molecular formula is C23H22N4O3S2. The Balaban J connectivity index is 1.12. The molecule has 0 fully saturated rings. The number of hydrogen-bond donors (Lipinski definition) is 1. The summed E-state index contributed by atoms with van der Waals surface area (Å²) in [6.07, 6.45) is 4.74. The molecule has 1 amide bonds. The number of aromatic nitrogens is 3. The summed E-state index contributed by atoms with van der Waals surface area (Å²) < 4.78 is 12.5. The van der Waals surface area contributed by atoms with Gasteiger partial charge in [0.15, 0.2) is 11.7 Å². The number of carbonyl (C=O) groups is 1. The molecule has 0 unspecified atom stereocenters. The summed E-state index contributed by atoms with van der Waals surface area (Å²) in [5, 5.41) is 11.8. The van der Waals surface area contributed by atoms with E-state index in [0.717, 1.165) is 34.4 Å². The Morgan fingerprint density at radius 3 is 2.94 bits per heavy atom. The highest BCUT2D eigenvalue weighted by molar-refractivity contribution is 7.99. The average molecular weight is 467 g/mol. The molecule has 0 bridgehead atoms. The zero-order chi connectivity index (χ0) is 21.9. The third-order valence-electron chi connectivity index (χ3n) is 5.25. The fourth-order valence-corrected chi connectivity index (χ4v) is 5.23. The van der Waals surface area contributed by atoms with Gasteiger partial charge in [-0.3, -0.25) is 4.79 Å². The first-order valence-electron chi connectivity index (χ1n) is 10.5. The molecular weight excluding hydrogens is 444 g/mol. The molecule has 164 valence electrons. The standard InChI is InChI=1S/C23H22N4O3S2/c1-14-6-9-18-19(10-14)32-22(24-18)25-20(28)13-31-23-27-26-21(30-23)12-29-17-8-7-15-4-2-3-5-16(15)11-17/h6-11H,2-5,12-13H2,1H3,(H,24,25,28). The molecule has 0 saturated carbocycles. The number of benzene rings is 2. The number of hydrogen-bond acceptors (Lipinski definition) is 8. The lowest BCUT2D eigenvalue weighted by atomic mass is 9.92. The highest BCUT2D eigenvalue weighted by Gasteiger charge is 2.14. The van der Waals surface area contributed by atoms with Crippen LogP contribution in [0.3, 0.4) is 0 Å². The fraction of sp³-hybridized carbons (Fsp3) is 0.304. The number of ether oxygens (including phenoxy) is 1. The minimum absolute atomic E-state index is 0.155. The normalized spacial score (nSPS) is 13.2. The van der Waals surface area contributed by atoms with Gasteiger partial charge < -0.3 is 14.5 Å². The first-order chi connectivity index (χ1) is 15.6. The lowest BCUT2D eigenvalue weighted by molar-refractivity contribution is -0.113. The smallest absolute Gasteiger partial charge is 0.277 e. The molecule has 0 saturated heterocycles. The number of fused-ring (bicyclic) bond motifs is 2. The zero-order valence-corrected chi connectivity index (χ0v) is 19.2. The maximum absolute atomic E-state index is 12.3. The highest BCUT2D eigenvalue weighted by atomic mass is 32.2. The van der Waals surface area contributed by atoms with E-state index in [2.05, 4.69) is 38.7 Å². The number of carbonyl (C=O) groups excluding carboxylic acids is 1. The lowest BCUT2D eigenvalue weighted by Gasteiger charge is -2.16. The van der Waals surface area contributed by atoms with Crippen molar-refractivity contribution < 1.29 is 13.9 Å². The number of rotatable bonds is 7. The summed E-state index contributed by atoms with van der Waals surface area (Å²) in [6, 6.07) is 12.3. The monoisotopic (exact) mass is 466 g/mol. The van der Waals surface area contributed by atoms with Gasteiger partial charge in [0, 0.05) is 0 Å². The first kappa shape index (κ1) is 21.0. The predicted molar refractivity (Wildman–Crippen MR) is 125 cm³/mol. The summed E-state index contributed by atoms with van der Waals surface area (Å²) in [5.74, 6) is 1.17. The van der Waals surface area contributed by atoms with Crippen molar-refractivity contribution in [2.75, 3.05) is 11.1 Å². The molecule has 1 aliphatic rings. The number of nitrogens with zero attached hydrogens (tertiary/aromatic N) is 3. The van der Waals surface area contributed by atoms with Crippen molar-refractivity contribution in [2.24, 2.45) is 0 Å². The van der Waals surface area contributed by atoms with Crippen molar-refractivity contribution in [3.63, 3.8) is 0 Å². The van der Waals surface area contributed by atoms with Gasteiger partial charge in [0.05, 0.1) is 16.0 Å². The SMILES string of the molecule is Cc1ccc2nc(NC(=O)CSc3nnc(COc4ccc5c(c4)CCCC5)o3)sc2c1. The molecule has 0 spiro atoms. The van der Waals surface area contributed by atoms with E-state index in [1.807, 2.05) is 25.1 Å². The van der Waals surface area contributed by atoms with Crippen LogP contribution in [0.5, 0.6) is 5.75 Å². The third-order valence-corrected chi connectivity index (χ3v) is 7.00. The second-order valence-electron chi connectivity index (χ2n) is 7.72. The molecule has 2 heterocycles. The van der Waals surface area contributed by atoms with Crippen molar-refractivity contribution >= 4 is 44.4 Å². The van der Waals surface area contributed by atoms with E-state index in [-0.39, 0.29) is 18.3 Å². The van der Waals surface area contributed by atoms with E-state index >= 15 is 0 Å². The van der Waals surface area contributed by atoms with Gasteiger partial charge in [-0.2, -0.15) is 0 Å². The van der Waals surface area contributed by atoms with Gasteiger partial charge in [0.2, 0.25) is 5.91 Å². The second kappa shape index (κ2) is 9.30. The molecule has 0 aliphatic heterocycles. The topological polar surface area (TPSA) is 90.1 Å². The van der Waals surface area contributed by atoms with E-state index in [1.54, 1.807) is 0 Å². The van der Waals surface area contributed by atoms with Gasteiger partial charge in [-0.15, -0.1) is 10.2 Å². The van der Waals surface area contributed by atoms with Gasteiger partial charge in [0.25, 0.3) is 11.1 Å². The summed E-state index contributed by atoms with van der Waals surface area (Å²) in [6.45, 7) is 2.23. The number of anilines is 1. The largest absolute Gasteiger partial charge is 0.484 e. The Kier molecular flexibility index (Phi) is 6.09. The minimum atomic E-state index is -0.171.